The Labute approximate surface area is 123 Å². The molecule has 1 heterocycles. The summed E-state index contributed by atoms with van der Waals surface area (Å²) in [6.07, 6.45) is 5.00. The smallest absolute Gasteiger partial charge is 0.0615 e. The molecule has 0 amide bonds. The van der Waals surface area contributed by atoms with Crippen LogP contribution in [-0.2, 0) is 11.3 Å². The molecule has 1 aliphatic rings. The maximum atomic E-state index is 5.30. The van der Waals surface area contributed by atoms with E-state index in [1.54, 1.807) is 7.11 Å². The number of anilines is 1. The molecule has 112 valence electrons. The van der Waals surface area contributed by atoms with Gasteiger partial charge in [0.2, 0.25) is 0 Å². The number of methoxy groups -OCH3 is 1. The summed E-state index contributed by atoms with van der Waals surface area (Å²) in [7, 11) is 1.78. The maximum Gasteiger partial charge on any atom is 0.0615 e. The number of rotatable bonds is 8. The van der Waals surface area contributed by atoms with Crippen molar-refractivity contribution in [3.05, 3.63) is 29.8 Å². The van der Waals surface area contributed by atoms with E-state index in [-0.39, 0.29) is 0 Å². The maximum absolute atomic E-state index is 5.30. The Kier molecular flexibility index (Phi) is 6.34. The van der Waals surface area contributed by atoms with Gasteiger partial charge in [-0.3, -0.25) is 0 Å². The topological polar surface area (TPSA) is 24.5 Å². The zero-order valence-electron chi connectivity index (χ0n) is 12.9. The molecule has 1 N–H and O–H groups in total. The van der Waals surface area contributed by atoms with E-state index in [1.165, 1.54) is 50.0 Å². The zero-order valence-corrected chi connectivity index (χ0v) is 12.9. The van der Waals surface area contributed by atoms with E-state index >= 15 is 0 Å². The highest BCUT2D eigenvalue weighted by Gasteiger charge is 2.15. The number of hydrogen-bond acceptors (Lipinski definition) is 3. The van der Waals surface area contributed by atoms with Gasteiger partial charge in [0.05, 0.1) is 6.61 Å². The highest BCUT2D eigenvalue weighted by atomic mass is 16.5. The first-order chi connectivity index (χ1) is 9.85. The Hall–Kier alpha value is -1.06. The minimum atomic E-state index is 0.455. The van der Waals surface area contributed by atoms with Crippen LogP contribution in [0, 0.1) is 0 Å². The van der Waals surface area contributed by atoms with Gasteiger partial charge in [-0.05, 0) is 30.9 Å². The molecule has 1 aromatic carbocycles. The lowest BCUT2D eigenvalue weighted by Crippen LogP contribution is -2.33. The normalized spacial score (nSPS) is 16.6. The molecular formula is C17H28N2O. The molecule has 1 aromatic rings. The molecule has 0 saturated carbocycles. The van der Waals surface area contributed by atoms with Crippen LogP contribution in [0.5, 0.6) is 0 Å². The van der Waals surface area contributed by atoms with Crippen molar-refractivity contribution in [3.8, 4) is 0 Å². The summed E-state index contributed by atoms with van der Waals surface area (Å²) in [4.78, 5) is 2.52. The minimum Gasteiger partial charge on any atom is -0.383 e. The van der Waals surface area contributed by atoms with Crippen LogP contribution in [0.2, 0.25) is 0 Å². The lowest BCUT2D eigenvalue weighted by molar-refractivity contribution is 0.161. The molecule has 1 saturated heterocycles. The number of benzene rings is 1. The van der Waals surface area contributed by atoms with Gasteiger partial charge in [-0.25, -0.2) is 0 Å². The van der Waals surface area contributed by atoms with Crippen molar-refractivity contribution in [2.75, 3.05) is 31.7 Å². The van der Waals surface area contributed by atoms with E-state index in [9.17, 15) is 0 Å². The molecule has 1 unspecified atom stereocenters. The minimum absolute atomic E-state index is 0.455. The van der Waals surface area contributed by atoms with Gasteiger partial charge >= 0.3 is 0 Å². The standard InChI is InChI=1S/C17H28N2O/c1-3-8-16(14-20-2)18-13-15-9-4-5-10-17(15)19-11-6-7-12-19/h4-5,9-10,16,18H,3,6-8,11-14H2,1-2H3. The second-order valence-corrected chi connectivity index (χ2v) is 5.64. The Bertz CT molecular complexity index is 382. The van der Waals surface area contributed by atoms with E-state index in [1.807, 2.05) is 0 Å². The lowest BCUT2D eigenvalue weighted by atomic mass is 10.1. The molecule has 0 aliphatic carbocycles. The molecule has 0 radical (unpaired) electrons. The highest BCUT2D eigenvalue weighted by molar-refractivity contribution is 5.54. The average molecular weight is 276 g/mol. The van der Waals surface area contributed by atoms with Crippen molar-refractivity contribution in [1.29, 1.82) is 0 Å². The van der Waals surface area contributed by atoms with E-state index in [4.69, 9.17) is 4.74 Å². The van der Waals surface area contributed by atoms with E-state index < -0.39 is 0 Å². The molecule has 1 fully saturated rings. The van der Waals surface area contributed by atoms with Gasteiger partial charge in [0, 0.05) is 38.5 Å². The number of ether oxygens (including phenoxy) is 1. The Morgan fingerprint density at radius 1 is 1.25 bits per heavy atom. The number of hydrogen-bond donors (Lipinski definition) is 1. The van der Waals surface area contributed by atoms with E-state index in [0.29, 0.717) is 6.04 Å². The average Bonchev–Trinajstić information content (AvgIpc) is 2.99. The van der Waals surface area contributed by atoms with Gasteiger partial charge in [0.25, 0.3) is 0 Å². The molecule has 0 bridgehead atoms. The van der Waals surface area contributed by atoms with Gasteiger partial charge in [-0.15, -0.1) is 0 Å². The summed E-state index contributed by atoms with van der Waals surface area (Å²) < 4.78 is 5.30. The lowest BCUT2D eigenvalue weighted by Gasteiger charge is -2.23. The third-order valence-electron chi connectivity index (χ3n) is 4.02. The van der Waals surface area contributed by atoms with Crippen molar-refractivity contribution in [1.82, 2.24) is 5.32 Å². The predicted octanol–water partition coefficient (Wildman–Crippen LogP) is 3.19. The zero-order chi connectivity index (χ0) is 14.2. The van der Waals surface area contributed by atoms with Crippen LogP contribution < -0.4 is 10.2 Å². The SMILES string of the molecule is CCCC(COC)NCc1ccccc1N1CCCC1. The van der Waals surface area contributed by atoms with Crippen molar-refractivity contribution in [2.24, 2.45) is 0 Å². The summed E-state index contributed by atoms with van der Waals surface area (Å²) in [5.41, 5.74) is 2.82. The fourth-order valence-corrected chi connectivity index (χ4v) is 2.98. The van der Waals surface area contributed by atoms with Crippen LogP contribution in [-0.4, -0.2) is 32.8 Å². The number of para-hydroxylation sites is 1. The third kappa shape index (κ3) is 4.22. The molecule has 1 atom stereocenters. The molecule has 3 nitrogen and oxygen atoms in total. The highest BCUT2D eigenvalue weighted by Crippen LogP contribution is 2.24. The van der Waals surface area contributed by atoms with Gasteiger partial charge in [-0.2, -0.15) is 0 Å². The molecule has 2 rings (SSSR count). The first kappa shape index (κ1) is 15.3. The molecule has 0 spiro atoms. The largest absolute Gasteiger partial charge is 0.383 e. The third-order valence-corrected chi connectivity index (χ3v) is 4.02. The molecule has 0 aromatic heterocycles. The number of nitrogens with zero attached hydrogens (tertiary/aromatic N) is 1. The first-order valence-corrected chi connectivity index (χ1v) is 7.90. The van der Waals surface area contributed by atoms with Crippen molar-refractivity contribution in [2.45, 2.75) is 45.2 Å². The van der Waals surface area contributed by atoms with Crippen LogP contribution in [0.4, 0.5) is 5.69 Å². The first-order valence-electron chi connectivity index (χ1n) is 7.90. The Morgan fingerprint density at radius 3 is 2.70 bits per heavy atom. The quantitative estimate of drug-likeness (QED) is 0.789. The van der Waals surface area contributed by atoms with Crippen molar-refractivity contribution < 1.29 is 4.74 Å². The fraction of sp³-hybridized carbons (Fsp3) is 0.647. The van der Waals surface area contributed by atoms with Gasteiger partial charge in [-0.1, -0.05) is 31.5 Å². The van der Waals surface area contributed by atoms with Gasteiger partial charge in [0.15, 0.2) is 0 Å². The van der Waals surface area contributed by atoms with Crippen LogP contribution in [0.3, 0.4) is 0 Å². The van der Waals surface area contributed by atoms with Crippen LogP contribution >= 0.6 is 0 Å². The van der Waals surface area contributed by atoms with E-state index in [2.05, 4.69) is 41.4 Å². The summed E-state index contributed by atoms with van der Waals surface area (Å²) in [6, 6.07) is 9.25. The van der Waals surface area contributed by atoms with Gasteiger partial charge < -0.3 is 15.0 Å². The van der Waals surface area contributed by atoms with E-state index in [0.717, 1.165) is 13.2 Å². The van der Waals surface area contributed by atoms with Crippen LogP contribution in [0.25, 0.3) is 0 Å². The van der Waals surface area contributed by atoms with Crippen LogP contribution in [0.1, 0.15) is 38.2 Å². The Balaban J connectivity index is 1.97. The summed E-state index contributed by atoms with van der Waals surface area (Å²) in [5.74, 6) is 0. The van der Waals surface area contributed by atoms with Gasteiger partial charge in [0.1, 0.15) is 0 Å². The summed E-state index contributed by atoms with van der Waals surface area (Å²) >= 11 is 0. The van der Waals surface area contributed by atoms with Crippen molar-refractivity contribution >= 4 is 5.69 Å². The monoisotopic (exact) mass is 276 g/mol. The summed E-state index contributed by atoms with van der Waals surface area (Å²) in [6.45, 7) is 6.35. The van der Waals surface area contributed by atoms with Crippen LogP contribution in [0.15, 0.2) is 24.3 Å². The molecule has 20 heavy (non-hydrogen) atoms. The predicted molar refractivity (Wildman–Crippen MR) is 85.3 cm³/mol. The second kappa shape index (κ2) is 8.28. The molecular weight excluding hydrogens is 248 g/mol. The van der Waals surface area contributed by atoms with Crippen molar-refractivity contribution in [3.63, 3.8) is 0 Å². The summed E-state index contributed by atoms with van der Waals surface area (Å²) in [5, 5.41) is 3.65. The fourth-order valence-electron chi connectivity index (χ4n) is 2.98. The second-order valence-electron chi connectivity index (χ2n) is 5.64. The number of nitrogens with one attached hydrogen (secondary N) is 1. The Morgan fingerprint density at radius 2 is 2.00 bits per heavy atom. The molecule has 1 aliphatic heterocycles. The molecule has 3 heteroatoms.